The number of carbonyl (C=O) groups is 1. The molecule has 0 aliphatic heterocycles. The monoisotopic (exact) mass is 386 g/mol. The van der Waals surface area contributed by atoms with Gasteiger partial charge in [-0.3, -0.25) is 4.79 Å². The predicted molar refractivity (Wildman–Crippen MR) is 97.9 cm³/mol. The van der Waals surface area contributed by atoms with E-state index in [1.807, 2.05) is 35.0 Å². The van der Waals surface area contributed by atoms with E-state index in [0.717, 1.165) is 9.75 Å². The Morgan fingerprint density at radius 3 is 2.69 bits per heavy atom. The summed E-state index contributed by atoms with van der Waals surface area (Å²) < 4.78 is 16.2. The lowest BCUT2D eigenvalue weighted by Crippen LogP contribution is -2.09. The number of aryl methyl sites for hydroxylation is 1. The van der Waals surface area contributed by atoms with Crippen molar-refractivity contribution in [3.05, 3.63) is 58.2 Å². The van der Waals surface area contributed by atoms with Gasteiger partial charge in [-0.05, 0) is 29.8 Å². The Morgan fingerprint density at radius 1 is 1.19 bits per heavy atom. The lowest BCUT2D eigenvalue weighted by atomic mass is 10.3. The van der Waals surface area contributed by atoms with E-state index in [4.69, 9.17) is 13.7 Å². The highest BCUT2D eigenvalue weighted by molar-refractivity contribution is 7.13. The molecule has 4 aromatic heterocycles. The molecule has 0 unspecified atom stereocenters. The van der Waals surface area contributed by atoms with Crippen molar-refractivity contribution in [2.45, 2.75) is 20.0 Å². The number of esters is 1. The fraction of sp³-hybridized carbons (Fsp3) is 0.167. The van der Waals surface area contributed by atoms with E-state index in [9.17, 15) is 4.79 Å². The van der Waals surface area contributed by atoms with Crippen LogP contribution in [0.2, 0.25) is 0 Å². The van der Waals surface area contributed by atoms with Crippen molar-refractivity contribution in [2.75, 3.05) is 0 Å². The average molecular weight is 386 g/mol. The van der Waals surface area contributed by atoms with Gasteiger partial charge in [0.1, 0.15) is 18.1 Å². The highest BCUT2D eigenvalue weighted by Crippen LogP contribution is 2.27. The van der Waals surface area contributed by atoms with Gasteiger partial charge in [-0.25, -0.2) is 4.98 Å². The third kappa shape index (κ3) is 3.61. The van der Waals surface area contributed by atoms with Crippen molar-refractivity contribution < 1.29 is 18.5 Å². The molecule has 132 valence electrons. The predicted octanol–water partition coefficient (Wildman–Crippen LogP) is 4.71. The maximum absolute atomic E-state index is 12.1. The van der Waals surface area contributed by atoms with Gasteiger partial charge in [0.2, 0.25) is 5.89 Å². The Morgan fingerprint density at radius 2 is 1.96 bits per heavy atom. The molecule has 0 fully saturated rings. The van der Waals surface area contributed by atoms with Crippen LogP contribution in [-0.4, -0.2) is 16.1 Å². The second-order valence-corrected chi connectivity index (χ2v) is 7.39. The smallest absolute Gasteiger partial charge is 0.312 e. The number of aromatic nitrogens is 2. The van der Waals surface area contributed by atoms with Crippen molar-refractivity contribution in [1.29, 1.82) is 0 Å². The first kappa shape index (κ1) is 16.7. The van der Waals surface area contributed by atoms with Crippen LogP contribution < -0.4 is 0 Å². The summed E-state index contributed by atoms with van der Waals surface area (Å²) in [5.74, 6) is 1.42. The maximum atomic E-state index is 12.1. The van der Waals surface area contributed by atoms with E-state index >= 15 is 0 Å². The first-order valence-corrected chi connectivity index (χ1v) is 9.60. The standard InChI is InChI=1S/C18H14N2O4S2/c1-11-13(19-18(23-11)16-5-3-7-26-16)9-17(21)22-10-12-8-14(24-20-12)15-4-2-6-25-15/h2-8H,9-10H2,1H3. The molecule has 0 bridgehead atoms. The molecule has 0 atom stereocenters. The molecule has 4 heterocycles. The molecule has 0 aliphatic rings. The SMILES string of the molecule is Cc1oc(-c2cccs2)nc1CC(=O)OCc1cc(-c2cccs2)on1. The Kier molecular flexibility index (Phi) is 4.68. The van der Waals surface area contributed by atoms with E-state index in [1.54, 1.807) is 24.3 Å². The largest absolute Gasteiger partial charge is 0.459 e. The zero-order chi connectivity index (χ0) is 17.9. The summed E-state index contributed by atoms with van der Waals surface area (Å²) in [6.45, 7) is 1.85. The van der Waals surface area contributed by atoms with Crippen LogP contribution in [0.5, 0.6) is 0 Å². The third-order valence-electron chi connectivity index (χ3n) is 3.64. The van der Waals surface area contributed by atoms with Crippen LogP contribution in [0.3, 0.4) is 0 Å². The molecular formula is C18H14N2O4S2. The average Bonchev–Trinajstić information content (AvgIpc) is 3.41. The second-order valence-electron chi connectivity index (χ2n) is 5.50. The number of hydrogen-bond acceptors (Lipinski definition) is 8. The van der Waals surface area contributed by atoms with Gasteiger partial charge in [0.05, 0.1) is 21.9 Å². The third-order valence-corrected chi connectivity index (χ3v) is 5.38. The Hall–Kier alpha value is -2.71. The van der Waals surface area contributed by atoms with E-state index in [1.165, 1.54) is 11.3 Å². The molecule has 0 spiro atoms. The molecule has 0 aliphatic carbocycles. The Labute approximate surface area is 157 Å². The van der Waals surface area contributed by atoms with Gasteiger partial charge in [-0.2, -0.15) is 0 Å². The molecule has 0 amide bonds. The summed E-state index contributed by atoms with van der Waals surface area (Å²) in [6, 6.07) is 9.51. The molecule has 0 saturated heterocycles. The summed E-state index contributed by atoms with van der Waals surface area (Å²) in [5, 5.41) is 7.84. The molecule has 26 heavy (non-hydrogen) atoms. The van der Waals surface area contributed by atoms with Crippen LogP contribution in [0, 0.1) is 6.92 Å². The first-order chi connectivity index (χ1) is 12.7. The van der Waals surface area contributed by atoms with E-state index < -0.39 is 0 Å². The van der Waals surface area contributed by atoms with Gasteiger partial charge in [-0.15, -0.1) is 22.7 Å². The number of nitrogens with zero attached hydrogens (tertiary/aromatic N) is 2. The molecule has 8 heteroatoms. The fourth-order valence-electron chi connectivity index (χ4n) is 2.35. The molecule has 0 radical (unpaired) electrons. The summed E-state index contributed by atoms with van der Waals surface area (Å²) in [6.07, 6.45) is 0.0519. The minimum absolute atomic E-state index is 0.0519. The van der Waals surface area contributed by atoms with Gasteiger partial charge >= 0.3 is 5.97 Å². The zero-order valence-electron chi connectivity index (χ0n) is 13.8. The van der Waals surface area contributed by atoms with Gasteiger partial charge in [0, 0.05) is 6.07 Å². The minimum Gasteiger partial charge on any atom is -0.459 e. The van der Waals surface area contributed by atoms with Gasteiger partial charge in [-0.1, -0.05) is 17.3 Å². The Balaban J connectivity index is 1.36. The summed E-state index contributed by atoms with van der Waals surface area (Å²) in [7, 11) is 0. The molecule has 0 saturated carbocycles. The molecule has 0 N–H and O–H groups in total. The van der Waals surface area contributed by atoms with Crippen LogP contribution in [-0.2, 0) is 22.6 Å². The number of oxazole rings is 1. The van der Waals surface area contributed by atoms with Crippen LogP contribution in [0.15, 0.2) is 50.0 Å². The summed E-state index contributed by atoms with van der Waals surface area (Å²) in [4.78, 5) is 18.4. The van der Waals surface area contributed by atoms with Crippen LogP contribution in [0.4, 0.5) is 0 Å². The number of carbonyl (C=O) groups excluding carboxylic acids is 1. The van der Waals surface area contributed by atoms with E-state index in [0.29, 0.717) is 28.8 Å². The number of ether oxygens (including phenoxy) is 1. The first-order valence-electron chi connectivity index (χ1n) is 7.84. The molecule has 4 aromatic rings. The maximum Gasteiger partial charge on any atom is 0.312 e. The van der Waals surface area contributed by atoms with Crippen LogP contribution >= 0.6 is 22.7 Å². The van der Waals surface area contributed by atoms with E-state index in [-0.39, 0.29) is 19.0 Å². The molecule has 0 aromatic carbocycles. The number of hydrogen-bond donors (Lipinski definition) is 0. The van der Waals surface area contributed by atoms with Gasteiger partial charge in [0.15, 0.2) is 5.76 Å². The number of thiophene rings is 2. The lowest BCUT2D eigenvalue weighted by Gasteiger charge is -2.00. The zero-order valence-corrected chi connectivity index (χ0v) is 15.4. The normalized spacial score (nSPS) is 11.0. The van der Waals surface area contributed by atoms with Crippen molar-refractivity contribution in [2.24, 2.45) is 0 Å². The minimum atomic E-state index is -0.389. The lowest BCUT2D eigenvalue weighted by molar-refractivity contribution is -0.144. The van der Waals surface area contributed by atoms with Crippen molar-refractivity contribution in [3.63, 3.8) is 0 Å². The summed E-state index contributed by atoms with van der Waals surface area (Å²) >= 11 is 3.09. The molecular weight excluding hydrogens is 372 g/mol. The molecule has 6 nitrogen and oxygen atoms in total. The fourth-order valence-corrected chi connectivity index (χ4v) is 3.68. The van der Waals surface area contributed by atoms with Crippen LogP contribution in [0.25, 0.3) is 21.4 Å². The van der Waals surface area contributed by atoms with Crippen molar-refractivity contribution in [1.82, 2.24) is 10.1 Å². The van der Waals surface area contributed by atoms with E-state index in [2.05, 4.69) is 10.1 Å². The highest BCUT2D eigenvalue weighted by Gasteiger charge is 2.17. The van der Waals surface area contributed by atoms with Gasteiger partial charge in [0.25, 0.3) is 0 Å². The molecule has 4 rings (SSSR count). The van der Waals surface area contributed by atoms with Crippen LogP contribution in [0.1, 0.15) is 17.1 Å². The Bertz CT molecular complexity index is 1000. The highest BCUT2D eigenvalue weighted by atomic mass is 32.1. The topological polar surface area (TPSA) is 78.4 Å². The van der Waals surface area contributed by atoms with Crippen molar-refractivity contribution in [3.8, 4) is 21.4 Å². The quantitative estimate of drug-likeness (QED) is 0.446. The van der Waals surface area contributed by atoms with Gasteiger partial charge < -0.3 is 13.7 Å². The van der Waals surface area contributed by atoms with Crippen molar-refractivity contribution >= 4 is 28.6 Å². The number of rotatable bonds is 6. The summed E-state index contributed by atoms with van der Waals surface area (Å²) in [5.41, 5.74) is 1.15. The second kappa shape index (κ2) is 7.27.